The van der Waals surface area contributed by atoms with Crippen LogP contribution in [0.5, 0.6) is 0 Å². The number of ketones is 1. The third-order valence-corrected chi connectivity index (χ3v) is 3.48. The molecule has 5 heteroatoms. The Morgan fingerprint density at radius 2 is 2.20 bits per heavy atom. The van der Waals surface area contributed by atoms with Crippen LogP contribution in [0.1, 0.15) is 24.6 Å². The van der Waals surface area contributed by atoms with Crippen LogP contribution in [0.25, 0.3) is 0 Å². The van der Waals surface area contributed by atoms with Crippen LogP contribution in [0.15, 0.2) is 15.9 Å². The molecule has 0 atom stereocenters. The lowest BCUT2D eigenvalue weighted by molar-refractivity contribution is -0.124. The number of nitrogens with one attached hydrogen (secondary N) is 1. The van der Waals surface area contributed by atoms with Gasteiger partial charge in [0.05, 0.1) is 6.54 Å². The van der Waals surface area contributed by atoms with E-state index in [0.29, 0.717) is 13.0 Å². The smallest absolute Gasteiger partial charge is 0.220 e. The van der Waals surface area contributed by atoms with Gasteiger partial charge in [0, 0.05) is 27.6 Å². The van der Waals surface area contributed by atoms with Crippen molar-refractivity contribution in [2.75, 3.05) is 0 Å². The molecule has 3 nitrogen and oxygen atoms in total. The molecular formula is C10H12BrNO2S. The average Bonchev–Trinajstić information content (AvgIpc) is 2.58. The summed E-state index contributed by atoms with van der Waals surface area (Å²) in [5.41, 5.74) is 0. The Labute approximate surface area is 101 Å². The second-order valence-electron chi connectivity index (χ2n) is 3.21. The Morgan fingerprint density at radius 3 is 2.73 bits per heavy atom. The van der Waals surface area contributed by atoms with Crippen molar-refractivity contribution in [2.24, 2.45) is 0 Å². The molecule has 1 amide bonds. The summed E-state index contributed by atoms with van der Waals surface area (Å²) >= 11 is 4.93. The fourth-order valence-corrected chi connectivity index (χ4v) is 2.40. The van der Waals surface area contributed by atoms with Crippen molar-refractivity contribution in [3.05, 3.63) is 20.8 Å². The number of hydrogen-bond acceptors (Lipinski definition) is 3. The largest absolute Gasteiger partial charge is 0.351 e. The first-order valence-electron chi connectivity index (χ1n) is 4.57. The van der Waals surface area contributed by atoms with Crippen LogP contribution in [-0.2, 0) is 16.1 Å². The molecule has 0 unspecified atom stereocenters. The lowest BCUT2D eigenvalue weighted by Gasteiger charge is -2.01. The summed E-state index contributed by atoms with van der Waals surface area (Å²) in [6, 6.07) is 1.97. The normalized spacial score (nSPS) is 10.0. The summed E-state index contributed by atoms with van der Waals surface area (Å²) in [4.78, 5) is 23.0. The topological polar surface area (TPSA) is 46.2 Å². The van der Waals surface area contributed by atoms with Crippen LogP contribution in [0.3, 0.4) is 0 Å². The molecule has 82 valence electrons. The minimum absolute atomic E-state index is 0.0454. The Kier molecular flexibility index (Phi) is 4.98. The van der Waals surface area contributed by atoms with Crippen LogP contribution in [-0.4, -0.2) is 11.7 Å². The number of halogens is 1. The first-order chi connectivity index (χ1) is 7.08. The van der Waals surface area contributed by atoms with Gasteiger partial charge in [-0.2, -0.15) is 0 Å². The Hall–Kier alpha value is -0.680. The Morgan fingerprint density at radius 1 is 1.47 bits per heavy atom. The summed E-state index contributed by atoms with van der Waals surface area (Å²) in [7, 11) is 0. The molecule has 1 heterocycles. The van der Waals surface area contributed by atoms with Gasteiger partial charge in [-0.25, -0.2) is 0 Å². The van der Waals surface area contributed by atoms with E-state index in [2.05, 4.69) is 21.2 Å². The summed E-state index contributed by atoms with van der Waals surface area (Å²) in [6.07, 6.45) is 0.599. The molecule has 0 spiro atoms. The van der Waals surface area contributed by atoms with Gasteiger partial charge >= 0.3 is 0 Å². The highest BCUT2D eigenvalue weighted by molar-refractivity contribution is 9.10. The van der Waals surface area contributed by atoms with E-state index in [1.54, 1.807) is 11.3 Å². The average molecular weight is 290 g/mol. The fourth-order valence-electron chi connectivity index (χ4n) is 1.01. The van der Waals surface area contributed by atoms with Gasteiger partial charge in [-0.15, -0.1) is 11.3 Å². The SMILES string of the molecule is CC(=O)CCC(=O)NCc1cc(Br)cs1. The third-order valence-electron chi connectivity index (χ3n) is 1.79. The molecule has 0 fully saturated rings. The first kappa shape index (κ1) is 12.4. The lowest BCUT2D eigenvalue weighted by Crippen LogP contribution is -2.22. The van der Waals surface area contributed by atoms with Crippen molar-refractivity contribution in [3.63, 3.8) is 0 Å². The number of carbonyl (C=O) groups is 2. The number of rotatable bonds is 5. The van der Waals surface area contributed by atoms with Gasteiger partial charge in [0.25, 0.3) is 0 Å². The Bertz CT molecular complexity index is 362. The summed E-state index contributed by atoms with van der Waals surface area (Å²) in [6.45, 7) is 2.02. The molecular weight excluding hydrogens is 278 g/mol. The van der Waals surface area contributed by atoms with Crippen LogP contribution < -0.4 is 5.32 Å². The second kappa shape index (κ2) is 6.02. The van der Waals surface area contributed by atoms with E-state index in [9.17, 15) is 9.59 Å². The van der Waals surface area contributed by atoms with E-state index >= 15 is 0 Å². The predicted molar refractivity (Wildman–Crippen MR) is 63.8 cm³/mol. The van der Waals surface area contributed by atoms with Crippen molar-refractivity contribution >= 4 is 39.0 Å². The highest BCUT2D eigenvalue weighted by Gasteiger charge is 2.04. The molecule has 1 N–H and O–H groups in total. The molecule has 0 aliphatic carbocycles. The fraction of sp³-hybridized carbons (Fsp3) is 0.400. The van der Waals surface area contributed by atoms with E-state index < -0.39 is 0 Å². The maximum absolute atomic E-state index is 11.3. The minimum Gasteiger partial charge on any atom is -0.351 e. The van der Waals surface area contributed by atoms with E-state index in [4.69, 9.17) is 0 Å². The summed E-state index contributed by atoms with van der Waals surface area (Å²) < 4.78 is 1.03. The Balaban J connectivity index is 2.25. The first-order valence-corrected chi connectivity index (χ1v) is 6.24. The molecule has 1 rings (SSSR count). The zero-order valence-corrected chi connectivity index (χ0v) is 10.8. The molecule has 15 heavy (non-hydrogen) atoms. The standard InChI is InChI=1S/C10H12BrNO2S/c1-7(13)2-3-10(14)12-5-9-4-8(11)6-15-9/h4,6H,2-3,5H2,1H3,(H,12,14). The van der Waals surface area contributed by atoms with Crippen LogP contribution in [0, 0.1) is 0 Å². The van der Waals surface area contributed by atoms with Crippen molar-refractivity contribution in [2.45, 2.75) is 26.3 Å². The van der Waals surface area contributed by atoms with Gasteiger partial charge in [0.1, 0.15) is 5.78 Å². The molecule has 0 aromatic carbocycles. The quantitative estimate of drug-likeness (QED) is 0.905. The molecule has 0 saturated carbocycles. The van der Waals surface area contributed by atoms with Crippen LogP contribution >= 0.6 is 27.3 Å². The van der Waals surface area contributed by atoms with Gasteiger partial charge in [0.2, 0.25) is 5.91 Å². The maximum Gasteiger partial charge on any atom is 0.220 e. The molecule has 0 saturated heterocycles. The molecule has 0 radical (unpaired) electrons. The number of hydrogen-bond donors (Lipinski definition) is 1. The van der Waals surface area contributed by atoms with Gasteiger partial charge in [-0.3, -0.25) is 4.79 Å². The summed E-state index contributed by atoms with van der Waals surface area (Å²) in [5, 5.41) is 4.74. The van der Waals surface area contributed by atoms with E-state index in [-0.39, 0.29) is 18.1 Å². The molecule has 1 aromatic heterocycles. The minimum atomic E-state index is -0.0743. The van der Waals surface area contributed by atoms with Gasteiger partial charge in [-0.1, -0.05) is 0 Å². The number of amides is 1. The van der Waals surface area contributed by atoms with Crippen LogP contribution in [0.2, 0.25) is 0 Å². The predicted octanol–water partition coefficient (Wildman–Crippen LogP) is 2.50. The van der Waals surface area contributed by atoms with E-state index in [1.807, 2.05) is 11.4 Å². The van der Waals surface area contributed by atoms with Crippen LogP contribution in [0.4, 0.5) is 0 Å². The highest BCUT2D eigenvalue weighted by atomic mass is 79.9. The lowest BCUT2D eigenvalue weighted by atomic mass is 10.2. The number of thiophene rings is 1. The van der Waals surface area contributed by atoms with Crippen molar-refractivity contribution < 1.29 is 9.59 Å². The van der Waals surface area contributed by atoms with Crippen molar-refractivity contribution in [1.29, 1.82) is 0 Å². The zero-order valence-electron chi connectivity index (χ0n) is 8.38. The highest BCUT2D eigenvalue weighted by Crippen LogP contribution is 2.19. The maximum atomic E-state index is 11.3. The van der Waals surface area contributed by atoms with Crippen molar-refractivity contribution in [3.8, 4) is 0 Å². The molecule has 0 aliphatic rings. The monoisotopic (exact) mass is 289 g/mol. The molecule has 1 aromatic rings. The second-order valence-corrected chi connectivity index (χ2v) is 5.12. The van der Waals surface area contributed by atoms with Gasteiger partial charge < -0.3 is 10.1 Å². The number of carbonyl (C=O) groups excluding carboxylic acids is 2. The van der Waals surface area contributed by atoms with E-state index in [0.717, 1.165) is 9.35 Å². The van der Waals surface area contributed by atoms with Gasteiger partial charge in [0.15, 0.2) is 0 Å². The van der Waals surface area contributed by atoms with Crippen molar-refractivity contribution in [1.82, 2.24) is 5.32 Å². The number of Topliss-reactive ketones (excluding diaryl/α,β-unsaturated/α-hetero) is 1. The molecule has 0 aliphatic heterocycles. The zero-order chi connectivity index (χ0) is 11.3. The third kappa shape index (κ3) is 5.09. The molecule has 0 bridgehead atoms. The van der Waals surface area contributed by atoms with Gasteiger partial charge in [-0.05, 0) is 28.9 Å². The summed E-state index contributed by atoms with van der Waals surface area (Å²) in [5.74, 6) is -0.0289. The van der Waals surface area contributed by atoms with E-state index in [1.165, 1.54) is 6.92 Å².